The molecule has 0 spiro atoms. The van der Waals surface area contributed by atoms with E-state index in [2.05, 4.69) is 38.7 Å². The molecule has 2 fully saturated rings. The molecule has 1 aliphatic heterocycles. The van der Waals surface area contributed by atoms with Gasteiger partial charge in [-0.05, 0) is 44.2 Å². The van der Waals surface area contributed by atoms with E-state index >= 15 is 0 Å². The lowest BCUT2D eigenvalue weighted by Gasteiger charge is -2.26. The van der Waals surface area contributed by atoms with Gasteiger partial charge in [0.2, 0.25) is 5.91 Å². The number of hydrogen-bond acceptors (Lipinski definition) is 6. The van der Waals surface area contributed by atoms with Gasteiger partial charge in [0.1, 0.15) is 17.2 Å². The Balaban J connectivity index is 1.54. The number of benzene rings is 1. The zero-order valence-corrected chi connectivity index (χ0v) is 21.1. The second-order valence-corrected chi connectivity index (χ2v) is 10.5. The van der Waals surface area contributed by atoms with Gasteiger partial charge in [-0.1, -0.05) is 12.5 Å². The van der Waals surface area contributed by atoms with Crippen LogP contribution < -0.4 is 11.5 Å². The Morgan fingerprint density at radius 2 is 2.11 bits per heavy atom. The molecule has 3 heterocycles. The molecule has 1 saturated carbocycles. The number of amides is 2. The smallest absolute Gasteiger partial charge is 0.255 e. The van der Waals surface area contributed by atoms with E-state index in [4.69, 9.17) is 11.5 Å². The molecular formula is C25H25FN7O3Si. The van der Waals surface area contributed by atoms with E-state index in [1.54, 1.807) is 19.3 Å². The predicted octanol–water partition coefficient (Wildman–Crippen LogP) is 0.777. The second kappa shape index (κ2) is 8.86. The minimum Gasteiger partial charge on any atom is -0.391 e. The van der Waals surface area contributed by atoms with E-state index in [1.165, 1.54) is 15.6 Å². The number of fused-ring (bicyclic) bond motifs is 1. The van der Waals surface area contributed by atoms with E-state index in [1.807, 2.05) is 4.57 Å². The number of nitrogens with zero attached hydrogens (tertiary/aromatic N) is 5. The lowest BCUT2D eigenvalue weighted by Crippen LogP contribution is -2.42. The largest absolute Gasteiger partial charge is 0.391 e. The zero-order chi connectivity index (χ0) is 26.6. The minimum atomic E-state index is -1.06. The summed E-state index contributed by atoms with van der Waals surface area (Å²) >= 11 is 0. The Bertz CT molecular complexity index is 1510. The van der Waals surface area contributed by atoms with Crippen LogP contribution in [-0.4, -0.2) is 70.1 Å². The molecule has 2 amide bonds. The lowest BCUT2D eigenvalue weighted by atomic mass is 10.1. The molecule has 5 rings (SSSR count). The number of carbonyl (C=O) groups is 2. The van der Waals surface area contributed by atoms with Gasteiger partial charge in [0.15, 0.2) is 5.69 Å². The standard InChI is InChI=1S/C25H25FN7O3Si/c1-3-21(35)31-11-25(37,10-20(31)13(2)34)33-23(27)22(24(28)36)17(30-33)7-4-14-8-18-19(9-16(14)26)32(12-29-18)15-5-6-15/h3,8-9,12-13,15,20,34H,1,5-6,10-11,27H2,2H3,(H2,28,36)/t13?,20-,25-/m1/s1. The maximum absolute atomic E-state index is 14.9. The van der Waals surface area contributed by atoms with Crippen LogP contribution in [0.2, 0.25) is 0 Å². The van der Waals surface area contributed by atoms with Gasteiger partial charge >= 0.3 is 0 Å². The van der Waals surface area contributed by atoms with E-state index in [-0.39, 0.29) is 41.5 Å². The summed E-state index contributed by atoms with van der Waals surface area (Å²) in [6.07, 6.45) is 4.32. The number of nitrogens with two attached hydrogens (primary N) is 2. The summed E-state index contributed by atoms with van der Waals surface area (Å²) < 4.78 is 18.2. The number of aromatic nitrogens is 4. The highest BCUT2D eigenvalue weighted by Crippen LogP contribution is 2.38. The molecule has 2 aromatic heterocycles. The maximum Gasteiger partial charge on any atom is 0.255 e. The van der Waals surface area contributed by atoms with Gasteiger partial charge in [-0.2, -0.15) is 5.10 Å². The Kier molecular flexibility index (Phi) is 5.92. The van der Waals surface area contributed by atoms with Crippen LogP contribution in [0.5, 0.6) is 0 Å². The van der Waals surface area contributed by atoms with Crippen molar-refractivity contribution in [3.63, 3.8) is 0 Å². The van der Waals surface area contributed by atoms with Crippen LogP contribution in [0, 0.1) is 17.7 Å². The number of primary amides is 1. The number of imidazole rings is 1. The Hall–Kier alpha value is -3.95. The molecule has 37 heavy (non-hydrogen) atoms. The Morgan fingerprint density at radius 3 is 2.73 bits per heavy atom. The normalized spacial score (nSPS) is 22.1. The van der Waals surface area contributed by atoms with Crippen LogP contribution in [0.25, 0.3) is 11.0 Å². The molecule has 1 unspecified atom stereocenters. The monoisotopic (exact) mass is 518 g/mol. The first-order valence-electron chi connectivity index (χ1n) is 11.8. The average Bonchev–Trinajstić information content (AvgIpc) is 3.36. The number of hydrogen-bond donors (Lipinski definition) is 3. The summed E-state index contributed by atoms with van der Waals surface area (Å²) in [6.45, 7) is 5.17. The molecular weight excluding hydrogens is 493 g/mol. The number of nitrogen functional groups attached to an aromatic ring is 1. The van der Waals surface area contributed by atoms with Crippen LogP contribution in [0.4, 0.5) is 10.2 Å². The van der Waals surface area contributed by atoms with Crippen LogP contribution in [0.1, 0.15) is 53.8 Å². The Morgan fingerprint density at radius 1 is 1.38 bits per heavy atom. The fraction of sp³-hybridized carbons (Fsp3) is 0.360. The van der Waals surface area contributed by atoms with Crippen molar-refractivity contribution in [1.82, 2.24) is 24.2 Å². The summed E-state index contributed by atoms with van der Waals surface area (Å²) in [6, 6.07) is 2.74. The van der Waals surface area contributed by atoms with Crippen molar-refractivity contribution in [2.24, 2.45) is 5.73 Å². The van der Waals surface area contributed by atoms with Crippen molar-refractivity contribution in [2.45, 2.75) is 49.5 Å². The fourth-order valence-electron chi connectivity index (χ4n) is 4.86. The SMILES string of the molecule is C=CC(=O)N1C[C@@]([Si])(n2nc(C#Cc3cc4ncn(C5CC5)c4cc3F)c(C(N)=O)c2N)C[C@@H]1C(C)O. The molecule has 10 nitrogen and oxygen atoms in total. The molecule has 1 aliphatic carbocycles. The van der Waals surface area contributed by atoms with Gasteiger partial charge < -0.3 is 26.0 Å². The van der Waals surface area contributed by atoms with Crippen LogP contribution in [0.15, 0.2) is 31.1 Å². The highest BCUT2D eigenvalue weighted by molar-refractivity contribution is 6.15. The summed E-state index contributed by atoms with van der Waals surface area (Å²) in [7, 11) is 3.68. The van der Waals surface area contributed by atoms with Crippen LogP contribution in [-0.2, 0) is 9.96 Å². The summed E-state index contributed by atoms with van der Waals surface area (Å²) in [5.74, 6) is 3.64. The molecule has 3 atom stereocenters. The van der Waals surface area contributed by atoms with Crippen molar-refractivity contribution in [3.05, 3.63) is 53.8 Å². The number of rotatable bonds is 5. The first-order valence-corrected chi connectivity index (χ1v) is 12.3. The molecule has 1 saturated heterocycles. The van der Waals surface area contributed by atoms with Gasteiger partial charge in [-0.3, -0.25) is 9.59 Å². The molecule has 2 aliphatic rings. The highest BCUT2D eigenvalue weighted by Gasteiger charge is 2.47. The molecule has 3 radical (unpaired) electrons. The van der Waals surface area contributed by atoms with Crippen LogP contribution >= 0.6 is 0 Å². The minimum absolute atomic E-state index is 0.0345. The van der Waals surface area contributed by atoms with Crippen molar-refractivity contribution < 1.29 is 19.1 Å². The van der Waals surface area contributed by atoms with Gasteiger partial charge in [-0.25, -0.2) is 14.1 Å². The lowest BCUT2D eigenvalue weighted by molar-refractivity contribution is -0.128. The average molecular weight is 519 g/mol. The second-order valence-electron chi connectivity index (χ2n) is 9.55. The van der Waals surface area contributed by atoms with E-state index < -0.39 is 29.0 Å². The van der Waals surface area contributed by atoms with E-state index in [9.17, 15) is 19.1 Å². The first kappa shape index (κ1) is 24.7. The third kappa shape index (κ3) is 4.20. The fourth-order valence-corrected chi connectivity index (χ4v) is 5.41. The molecule has 3 aromatic rings. The number of anilines is 1. The summed E-state index contributed by atoms with van der Waals surface area (Å²) in [5.41, 5.74) is 13.1. The van der Waals surface area contributed by atoms with Crippen molar-refractivity contribution >= 4 is 38.9 Å². The highest BCUT2D eigenvalue weighted by atomic mass is 28.1. The molecule has 189 valence electrons. The van der Waals surface area contributed by atoms with Gasteiger partial charge in [0.05, 0.1) is 50.5 Å². The number of aliphatic hydroxyl groups excluding tert-OH is 1. The molecule has 1 aromatic carbocycles. The third-order valence-corrected chi connectivity index (χ3v) is 7.46. The molecule has 5 N–H and O–H groups in total. The number of carbonyl (C=O) groups excluding carboxylic acids is 2. The molecule has 12 heteroatoms. The summed E-state index contributed by atoms with van der Waals surface area (Å²) in [4.78, 5) is 30.5. The predicted molar refractivity (Wildman–Crippen MR) is 135 cm³/mol. The molecule has 0 bridgehead atoms. The van der Waals surface area contributed by atoms with Gasteiger partial charge in [0, 0.05) is 18.7 Å². The Labute approximate surface area is 215 Å². The number of likely N-dealkylation sites (tertiary alicyclic amines) is 1. The number of aliphatic hydroxyl groups is 1. The topological polar surface area (TPSA) is 145 Å². The van der Waals surface area contributed by atoms with Crippen molar-refractivity contribution in [1.29, 1.82) is 0 Å². The van der Waals surface area contributed by atoms with E-state index in [0.717, 1.165) is 18.9 Å². The van der Waals surface area contributed by atoms with Gasteiger partial charge in [-0.15, -0.1) is 0 Å². The van der Waals surface area contributed by atoms with Crippen molar-refractivity contribution in [2.75, 3.05) is 12.3 Å². The van der Waals surface area contributed by atoms with Crippen LogP contribution in [0.3, 0.4) is 0 Å². The summed E-state index contributed by atoms with van der Waals surface area (Å²) in [5, 5.41) is 13.6. The maximum atomic E-state index is 14.9. The van der Waals surface area contributed by atoms with Gasteiger partial charge in [0.25, 0.3) is 5.91 Å². The third-order valence-electron chi connectivity index (χ3n) is 6.89. The quantitative estimate of drug-likeness (QED) is 0.259. The van der Waals surface area contributed by atoms with Crippen molar-refractivity contribution in [3.8, 4) is 11.8 Å². The van der Waals surface area contributed by atoms with E-state index in [0.29, 0.717) is 17.1 Å². The zero-order valence-electron chi connectivity index (χ0n) is 20.1. The number of halogens is 1. The first-order chi connectivity index (χ1) is 17.5.